The first-order valence-corrected chi connectivity index (χ1v) is 6.75. The molecule has 0 bridgehead atoms. The van der Waals surface area contributed by atoms with E-state index in [1.807, 2.05) is 0 Å². The molecule has 0 aliphatic heterocycles. The van der Waals surface area contributed by atoms with Gasteiger partial charge in [-0.2, -0.15) is 0 Å². The molecule has 0 amide bonds. The van der Waals surface area contributed by atoms with E-state index in [9.17, 15) is 0 Å². The van der Waals surface area contributed by atoms with E-state index in [1.165, 1.54) is 34.8 Å². The molecular formula is C13H20IN. The number of hydrogen-bond acceptors (Lipinski definition) is 1. The zero-order chi connectivity index (χ0) is 11.1. The summed E-state index contributed by atoms with van der Waals surface area (Å²) < 4.78 is 1.31. The van der Waals surface area contributed by atoms with Crippen molar-refractivity contribution in [3.05, 3.63) is 33.4 Å². The Balaban J connectivity index is 2.38. The second-order valence-electron chi connectivity index (χ2n) is 3.94. The lowest BCUT2D eigenvalue weighted by Gasteiger charge is -2.14. The highest BCUT2D eigenvalue weighted by Crippen LogP contribution is 2.11. The van der Waals surface area contributed by atoms with Crippen molar-refractivity contribution in [2.75, 3.05) is 7.05 Å². The van der Waals surface area contributed by atoms with Crippen LogP contribution >= 0.6 is 22.6 Å². The predicted molar refractivity (Wildman–Crippen MR) is 75.2 cm³/mol. The Bertz CT molecular complexity index is 268. The Kier molecular flexibility index (Phi) is 6.25. The van der Waals surface area contributed by atoms with Crippen LogP contribution in [0.15, 0.2) is 24.3 Å². The smallest absolute Gasteiger partial charge is 0.0130 e. The summed E-state index contributed by atoms with van der Waals surface area (Å²) in [4.78, 5) is 0. The molecule has 0 saturated heterocycles. The Morgan fingerprint density at radius 1 is 1.20 bits per heavy atom. The van der Waals surface area contributed by atoms with Gasteiger partial charge in [-0.1, -0.05) is 25.5 Å². The minimum absolute atomic E-state index is 0.675. The first-order valence-electron chi connectivity index (χ1n) is 5.68. The minimum atomic E-state index is 0.675. The third kappa shape index (κ3) is 4.98. The molecule has 0 aliphatic carbocycles. The SMILES string of the molecule is CCCC(CCc1ccc(I)cc1)NC. The van der Waals surface area contributed by atoms with Crippen molar-refractivity contribution in [2.45, 2.75) is 38.6 Å². The van der Waals surface area contributed by atoms with Crippen LogP contribution in [0.1, 0.15) is 31.7 Å². The highest BCUT2D eigenvalue weighted by Gasteiger charge is 2.04. The van der Waals surface area contributed by atoms with Gasteiger partial charge in [-0.25, -0.2) is 0 Å². The van der Waals surface area contributed by atoms with Gasteiger partial charge in [0.15, 0.2) is 0 Å². The van der Waals surface area contributed by atoms with E-state index in [2.05, 4.69) is 66.1 Å². The van der Waals surface area contributed by atoms with Crippen LogP contribution in [0.25, 0.3) is 0 Å². The maximum absolute atomic E-state index is 3.38. The fourth-order valence-electron chi connectivity index (χ4n) is 1.77. The van der Waals surface area contributed by atoms with Gasteiger partial charge >= 0.3 is 0 Å². The number of nitrogens with one attached hydrogen (secondary N) is 1. The van der Waals surface area contributed by atoms with Gasteiger partial charge < -0.3 is 5.32 Å². The summed E-state index contributed by atoms with van der Waals surface area (Å²) >= 11 is 2.35. The maximum Gasteiger partial charge on any atom is 0.0130 e. The van der Waals surface area contributed by atoms with Crippen LogP contribution in [0.3, 0.4) is 0 Å². The zero-order valence-corrected chi connectivity index (χ0v) is 11.8. The second-order valence-corrected chi connectivity index (χ2v) is 5.19. The Morgan fingerprint density at radius 3 is 2.40 bits per heavy atom. The molecule has 0 saturated carbocycles. The second kappa shape index (κ2) is 7.23. The van der Waals surface area contributed by atoms with Crippen LogP contribution in [0.2, 0.25) is 0 Å². The molecule has 84 valence electrons. The van der Waals surface area contributed by atoms with Gasteiger partial charge in [0.1, 0.15) is 0 Å². The van der Waals surface area contributed by atoms with E-state index < -0.39 is 0 Å². The standard InChI is InChI=1S/C13H20IN/c1-3-4-13(15-2)10-7-11-5-8-12(14)9-6-11/h5-6,8-9,13,15H,3-4,7,10H2,1-2H3. The zero-order valence-electron chi connectivity index (χ0n) is 9.59. The summed E-state index contributed by atoms with van der Waals surface area (Å²) in [6.45, 7) is 2.25. The Morgan fingerprint density at radius 2 is 1.87 bits per heavy atom. The van der Waals surface area contributed by atoms with E-state index in [0.29, 0.717) is 6.04 Å². The largest absolute Gasteiger partial charge is 0.317 e. The van der Waals surface area contributed by atoms with Crippen molar-refractivity contribution in [3.63, 3.8) is 0 Å². The van der Waals surface area contributed by atoms with Crippen LogP contribution in [-0.2, 0) is 6.42 Å². The molecule has 1 N–H and O–H groups in total. The van der Waals surface area contributed by atoms with Crippen molar-refractivity contribution in [1.29, 1.82) is 0 Å². The Labute approximate surface area is 107 Å². The average molecular weight is 317 g/mol. The molecule has 15 heavy (non-hydrogen) atoms. The average Bonchev–Trinajstić information content (AvgIpc) is 2.26. The van der Waals surface area contributed by atoms with Crippen LogP contribution in [0.4, 0.5) is 0 Å². The molecule has 1 rings (SSSR count). The third-order valence-electron chi connectivity index (χ3n) is 2.74. The molecule has 1 aromatic carbocycles. The lowest BCUT2D eigenvalue weighted by atomic mass is 10.0. The molecular weight excluding hydrogens is 297 g/mol. The molecule has 0 radical (unpaired) electrons. The van der Waals surface area contributed by atoms with Gasteiger partial charge in [0.25, 0.3) is 0 Å². The molecule has 0 aromatic heterocycles. The highest BCUT2D eigenvalue weighted by atomic mass is 127. The number of hydrogen-bond donors (Lipinski definition) is 1. The summed E-state index contributed by atoms with van der Waals surface area (Å²) in [5, 5.41) is 3.38. The first-order chi connectivity index (χ1) is 7.26. The number of aryl methyl sites for hydroxylation is 1. The lowest BCUT2D eigenvalue weighted by Crippen LogP contribution is -2.25. The first kappa shape index (κ1) is 13.0. The van der Waals surface area contributed by atoms with Gasteiger partial charge in [0.05, 0.1) is 0 Å². The molecule has 1 aromatic rings. The summed E-state index contributed by atoms with van der Waals surface area (Å²) in [5.41, 5.74) is 1.45. The van der Waals surface area contributed by atoms with Crippen LogP contribution < -0.4 is 5.32 Å². The predicted octanol–water partition coefficient (Wildman–Crippen LogP) is 3.61. The molecule has 1 unspecified atom stereocenters. The summed E-state index contributed by atoms with van der Waals surface area (Å²) in [6.07, 6.45) is 4.96. The molecule has 0 heterocycles. The quantitative estimate of drug-likeness (QED) is 0.790. The topological polar surface area (TPSA) is 12.0 Å². The molecule has 1 nitrogen and oxygen atoms in total. The van der Waals surface area contributed by atoms with Crippen LogP contribution in [0, 0.1) is 3.57 Å². The van der Waals surface area contributed by atoms with Gasteiger partial charge in [-0.05, 0) is 66.6 Å². The molecule has 0 aliphatic rings. The summed E-state index contributed by atoms with van der Waals surface area (Å²) in [5.74, 6) is 0. The lowest BCUT2D eigenvalue weighted by molar-refractivity contribution is 0.484. The van der Waals surface area contributed by atoms with Gasteiger partial charge in [0.2, 0.25) is 0 Å². The van der Waals surface area contributed by atoms with Gasteiger partial charge in [-0.15, -0.1) is 0 Å². The van der Waals surface area contributed by atoms with Crippen molar-refractivity contribution in [2.24, 2.45) is 0 Å². The van der Waals surface area contributed by atoms with Crippen LogP contribution in [0.5, 0.6) is 0 Å². The van der Waals surface area contributed by atoms with Gasteiger partial charge in [-0.3, -0.25) is 0 Å². The van der Waals surface area contributed by atoms with Crippen molar-refractivity contribution < 1.29 is 0 Å². The molecule has 0 fully saturated rings. The fraction of sp³-hybridized carbons (Fsp3) is 0.538. The van der Waals surface area contributed by atoms with Gasteiger partial charge in [0, 0.05) is 9.61 Å². The van der Waals surface area contributed by atoms with E-state index >= 15 is 0 Å². The summed E-state index contributed by atoms with van der Waals surface area (Å²) in [6, 6.07) is 9.52. The highest BCUT2D eigenvalue weighted by molar-refractivity contribution is 14.1. The van der Waals surface area contributed by atoms with Crippen molar-refractivity contribution in [1.82, 2.24) is 5.32 Å². The monoisotopic (exact) mass is 317 g/mol. The maximum atomic E-state index is 3.38. The summed E-state index contributed by atoms with van der Waals surface area (Å²) in [7, 11) is 2.06. The van der Waals surface area contributed by atoms with E-state index in [-0.39, 0.29) is 0 Å². The number of rotatable bonds is 6. The Hall–Kier alpha value is -0.0900. The number of benzene rings is 1. The fourth-order valence-corrected chi connectivity index (χ4v) is 2.13. The molecule has 0 spiro atoms. The van der Waals surface area contributed by atoms with Crippen LogP contribution in [-0.4, -0.2) is 13.1 Å². The van der Waals surface area contributed by atoms with Crippen molar-refractivity contribution >= 4 is 22.6 Å². The molecule has 2 heteroatoms. The minimum Gasteiger partial charge on any atom is -0.317 e. The molecule has 1 atom stereocenters. The number of halogens is 1. The normalized spacial score (nSPS) is 12.7. The van der Waals surface area contributed by atoms with E-state index in [0.717, 1.165) is 0 Å². The van der Waals surface area contributed by atoms with E-state index in [1.54, 1.807) is 0 Å². The van der Waals surface area contributed by atoms with E-state index in [4.69, 9.17) is 0 Å². The third-order valence-corrected chi connectivity index (χ3v) is 3.46. The van der Waals surface area contributed by atoms with Crippen molar-refractivity contribution in [3.8, 4) is 0 Å².